The van der Waals surface area contributed by atoms with Crippen LogP contribution in [0.2, 0.25) is 0 Å². The zero-order valence-corrected chi connectivity index (χ0v) is 25.9. The number of benzene rings is 1. The van der Waals surface area contributed by atoms with Gasteiger partial charge in [-0.05, 0) is 64.0 Å². The second-order valence-electron chi connectivity index (χ2n) is 12.7. The molecule has 7 nitrogen and oxygen atoms in total. The van der Waals surface area contributed by atoms with Crippen LogP contribution in [0.3, 0.4) is 0 Å². The highest BCUT2D eigenvalue weighted by atomic mass is 32.2. The normalized spacial score (nSPS) is 30.3. The molecule has 1 aromatic carbocycles. The van der Waals surface area contributed by atoms with Gasteiger partial charge in [0.2, 0.25) is 17.7 Å². The molecule has 42 heavy (non-hydrogen) atoms. The lowest BCUT2D eigenvalue weighted by molar-refractivity contribution is -0.144. The number of aliphatic hydroxyl groups is 1. The SMILES string of the molecule is C=CCN(C(=O)[C@@H]1[C@H]2C(=O)N(CCCCCO)C(C(=O)N(CC=C)C3CCCCC3)C23CC[C@@]1(C)S3)c1ccccc1. The maximum atomic E-state index is 14.8. The topological polar surface area (TPSA) is 81.2 Å². The number of carbonyl (C=O) groups is 3. The van der Waals surface area contributed by atoms with Crippen LogP contribution in [-0.2, 0) is 14.4 Å². The molecule has 2 unspecified atom stereocenters. The Morgan fingerprint density at radius 2 is 1.74 bits per heavy atom. The monoisotopic (exact) mass is 593 g/mol. The van der Waals surface area contributed by atoms with Crippen LogP contribution >= 0.6 is 11.8 Å². The summed E-state index contributed by atoms with van der Waals surface area (Å²) < 4.78 is -1.06. The predicted molar refractivity (Wildman–Crippen MR) is 169 cm³/mol. The zero-order chi connectivity index (χ0) is 29.9. The lowest BCUT2D eigenvalue weighted by atomic mass is 9.66. The Morgan fingerprint density at radius 1 is 1.02 bits per heavy atom. The fourth-order valence-electron chi connectivity index (χ4n) is 8.23. The molecule has 2 bridgehead atoms. The van der Waals surface area contributed by atoms with Crippen molar-refractivity contribution in [2.24, 2.45) is 11.8 Å². The van der Waals surface area contributed by atoms with Gasteiger partial charge < -0.3 is 19.8 Å². The first-order valence-corrected chi connectivity index (χ1v) is 16.6. The Hall–Kier alpha value is -2.58. The predicted octanol–water partition coefficient (Wildman–Crippen LogP) is 5.20. The van der Waals surface area contributed by atoms with Crippen LogP contribution < -0.4 is 4.90 Å². The van der Waals surface area contributed by atoms with Crippen LogP contribution in [0, 0.1) is 11.8 Å². The van der Waals surface area contributed by atoms with Crippen molar-refractivity contribution >= 4 is 35.2 Å². The highest BCUT2D eigenvalue weighted by molar-refractivity contribution is 8.02. The molecule has 4 aliphatic rings. The maximum absolute atomic E-state index is 14.8. The van der Waals surface area contributed by atoms with Gasteiger partial charge in [0, 0.05) is 42.7 Å². The van der Waals surface area contributed by atoms with E-state index < -0.39 is 27.4 Å². The number of hydrogen-bond acceptors (Lipinski definition) is 5. The molecule has 3 saturated heterocycles. The molecule has 3 heterocycles. The molecule has 0 aromatic heterocycles. The Kier molecular flexibility index (Phi) is 9.53. The van der Waals surface area contributed by atoms with Gasteiger partial charge in [0.1, 0.15) is 6.04 Å². The molecule has 1 N–H and O–H groups in total. The van der Waals surface area contributed by atoms with Crippen molar-refractivity contribution in [3.05, 3.63) is 55.6 Å². The summed E-state index contributed by atoms with van der Waals surface area (Å²) in [7, 11) is 0. The molecule has 5 atom stereocenters. The second kappa shape index (κ2) is 13.0. The van der Waals surface area contributed by atoms with E-state index in [2.05, 4.69) is 20.1 Å². The van der Waals surface area contributed by atoms with Crippen molar-refractivity contribution in [2.75, 3.05) is 31.1 Å². The number of hydrogen-bond donors (Lipinski definition) is 1. The molecule has 0 radical (unpaired) electrons. The minimum atomic E-state index is -0.634. The maximum Gasteiger partial charge on any atom is 0.247 e. The van der Waals surface area contributed by atoms with Crippen LogP contribution in [0.1, 0.15) is 71.1 Å². The van der Waals surface area contributed by atoms with Gasteiger partial charge in [0.05, 0.1) is 16.6 Å². The van der Waals surface area contributed by atoms with E-state index in [1.54, 1.807) is 22.7 Å². The van der Waals surface area contributed by atoms with E-state index >= 15 is 0 Å². The van der Waals surface area contributed by atoms with Crippen molar-refractivity contribution in [3.63, 3.8) is 0 Å². The number of rotatable bonds is 13. The van der Waals surface area contributed by atoms with E-state index in [0.717, 1.165) is 57.1 Å². The van der Waals surface area contributed by atoms with Crippen molar-refractivity contribution in [1.82, 2.24) is 9.80 Å². The third-order valence-electron chi connectivity index (χ3n) is 10.1. The summed E-state index contributed by atoms with van der Waals surface area (Å²) in [6, 6.07) is 9.17. The highest BCUT2D eigenvalue weighted by Gasteiger charge is 2.77. The van der Waals surface area contributed by atoms with E-state index in [-0.39, 0.29) is 30.4 Å². The fraction of sp³-hybridized carbons (Fsp3) is 0.618. The Labute approximate surface area is 255 Å². The smallest absolute Gasteiger partial charge is 0.247 e. The molecular formula is C34H47N3O4S. The molecule has 4 fully saturated rings. The number of likely N-dealkylation sites (tertiary alicyclic amines) is 1. The van der Waals surface area contributed by atoms with Crippen LogP contribution in [0.4, 0.5) is 5.69 Å². The number of carbonyl (C=O) groups excluding carboxylic acids is 3. The van der Waals surface area contributed by atoms with Crippen molar-refractivity contribution in [1.29, 1.82) is 0 Å². The summed E-state index contributed by atoms with van der Waals surface area (Å²) in [5.74, 6) is -1.16. The highest BCUT2D eigenvalue weighted by Crippen LogP contribution is 2.71. The summed E-state index contributed by atoms with van der Waals surface area (Å²) in [6.07, 6.45) is 12.6. The van der Waals surface area contributed by atoms with Crippen molar-refractivity contribution < 1.29 is 19.5 Å². The van der Waals surface area contributed by atoms with Crippen LogP contribution in [-0.4, -0.2) is 80.4 Å². The number of thioether (sulfide) groups is 1. The van der Waals surface area contributed by atoms with Crippen LogP contribution in [0.25, 0.3) is 0 Å². The van der Waals surface area contributed by atoms with Crippen LogP contribution in [0.15, 0.2) is 55.6 Å². The van der Waals surface area contributed by atoms with Gasteiger partial charge in [-0.15, -0.1) is 24.9 Å². The summed E-state index contributed by atoms with van der Waals surface area (Å²) in [5.41, 5.74) is 0.793. The van der Waals surface area contributed by atoms with E-state index in [9.17, 15) is 19.5 Å². The molecule has 5 rings (SSSR count). The summed E-state index contributed by atoms with van der Waals surface area (Å²) in [5, 5.41) is 9.35. The number of para-hydroxylation sites is 1. The van der Waals surface area contributed by atoms with Gasteiger partial charge in [-0.2, -0.15) is 0 Å². The first-order chi connectivity index (χ1) is 20.3. The second-order valence-corrected chi connectivity index (χ2v) is 14.6. The van der Waals surface area contributed by atoms with E-state index in [0.29, 0.717) is 26.1 Å². The number of nitrogens with zero attached hydrogens (tertiary/aromatic N) is 3. The number of unbranched alkanes of at least 4 members (excludes halogenated alkanes) is 2. The lowest BCUT2D eigenvalue weighted by Crippen LogP contribution is -2.57. The quantitative estimate of drug-likeness (QED) is 0.251. The Bertz CT molecular complexity index is 1170. The minimum absolute atomic E-state index is 0.0238. The number of fused-ring (bicyclic) bond motifs is 1. The van der Waals surface area contributed by atoms with Gasteiger partial charge in [-0.25, -0.2) is 0 Å². The fourth-order valence-corrected chi connectivity index (χ4v) is 10.6. The molecule has 228 valence electrons. The standard InChI is InChI=1S/C34H47N3O4S/c1-4-21-35(25-15-9-6-10-16-25)30(39)27-28-31(40)37(23-13-8-14-24-38)29(34(28)20-19-33(27,3)42-34)32(41)36(22-5-2)26-17-11-7-12-18-26/h4-6,9-10,15-16,26-29,38H,1-2,7-8,11-14,17-24H2,3H3/t27-,28-,29?,33+,34?/m0/s1. The molecule has 3 amide bonds. The molecule has 1 spiro atoms. The van der Waals surface area contributed by atoms with Gasteiger partial charge in [-0.1, -0.05) is 49.6 Å². The molecule has 8 heteroatoms. The minimum Gasteiger partial charge on any atom is -0.396 e. The summed E-state index contributed by atoms with van der Waals surface area (Å²) >= 11 is 1.74. The molecule has 3 aliphatic heterocycles. The third kappa shape index (κ3) is 5.34. The third-order valence-corrected chi connectivity index (χ3v) is 12.1. The molecule has 1 saturated carbocycles. The van der Waals surface area contributed by atoms with E-state index in [1.807, 2.05) is 46.2 Å². The van der Waals surface area contributed by atoms with Gasteiger partial charge in [0.25, 0.3) is 0 Å². The van der Waals surface area contributed by atoms with E-state index in [1.165, 1.54) is 6.42 Å². The van der Waals surface area contributed by atoms with Crippen molar-refractivity contribution in [2.45, 2.75) is 92.7 Å². The summed E-state index contributed by atoms with van der Waals surface area (Å²) in [6.45, 7) is 11.4. The zero-order valence-electron chi connectivity index (χ0n) is 25.1. The first kappa shape index (κ1) is 30.9. The summed E-state index contributed by atoms with van der Waals surface area (Å²) in [4.78, 5) is 49.5. The molecule has 1 aromatic rings. The van der Waals surface area contributed by atoms with E-state index in [4.69, 9.17) is 0 Å². The van der Waals surface area contributed by atoms with Gasteiger partial charge >= 0.3 is 0 Å². The molecule has 1 aliphatic carbocycles. The molecular weight excluding hydrogens is 546 g/mol. The largest absolute Gasteiger partial charge is 0.396 e. The van der Waals surface area contributed by atoms with Crippen LogP contribution in [0.5, 0.6) is 0 Å². The number of anilines is 1. The van der Waals surface area contributed by atoms with Gasteiger partial charge in [-0.3, -0.25) is 14.4 Å². The Morgan fingerprint density at radius 3 is 2.40 bits per heavy atom. The van der Waals surface area contributed by atoms with Crippen molar-refractivity contribution in [3.8, 4) is 0 Å². The average Bonchev–Trinajstić information content (AvgIpc) is 3.57. The average molecular weight is 594 g/mol. The number of aliphatic hydroxyl groups excluding tert-OH is 1. The van der Waals surface area contributed by atoms with Gasteiger partial charge in [0.15, 0.2) is 0 Å². The Balaban J connectivity index is 1.53. The lowest BCUT2D eigenvalue weighted by Gasteiger charge is -2.41. The number of amides is 3. The first-order valence-electron chi connectivity index (χ1n) is 15.8.